The number of urea groups is 1. The van der Waals surface area contributed by atoms with E-state index in [9.17, 15) is 4.79 Å². The molecule has 4 nitrogen and oxygen atoms in total. The maximum absolute atomic E-state index is 11.8. The third-order valence-electron chi connectivity index (χ3n) is 3.38. The summed E-state index contributed by atoms with van der Waals surface area (Å²) in [7, 11) is 0. The smallest absolute Gasteiger partial charge is 0.319 e. The van der Waals surface area contributed by atoms with E-state index in [1.807, 2.05) is 57.2 Å². The van der Waals surface area contributed by atoms with E-state index < -0.39 is 0 Å². The first kappa shape index (κ1) is 16.9. The van der Waals surface area contributed by atoms with Crippen LogP contribution in [-0.4, -0.2) is 19.2 Å². The van der Waals surface area contributed by atoms with Gasteiger partial charge in [-0.15, -0.1) is 0 Å². The van der Waals surface area contributed by atoms with E-state index in [0.29, 0.717) is 13.2 Å². The van der Waals surface area contributed by atoms with Gasteiger partial charge >= 0.3 is 6.03 Å². The number of ether oxygens (including phenoxy) is 1. The minimum atomic E-state index is -0.190. The average Bonchev–Trinajstić information content (AvgIpc) is 2.47. The molecule has 122 valence electrons. The molecule has 2 aromatic carbocycles. The number of anilines is 1. The Hall–Kier alpha value is -2.49. The lowest BCUT2D eigenvalue weighted by molar-refractivity contribution is 0.250. The highest BCUT2D eigenvalue weighted by molar-refractivity contribution is 5.89. The van der Waals surface area contributed by atoms with Crippen molar-refractivity contribution >= 4 is 11.7 Å². The van der Waals surface area contributed by atoms with Crippen LogP contribution in [0.5, 0.6) is 5.75 Å². The van der Waals surface area contributed by atoms with Gasteiger partial charge in [-0.05, 0) is 62.6 Å². The van der Waals surface area contributed by atoms with Crippen molar-refractivity contribution in [1.29, 1.82) is 0 Å². The number of rotatable bonds is 6. The lowest BCUT2D eigenvalue weighted by atomic mass is 10.1. The molecule has 0 aromatic heterocycles. The summed E-state index contributed by atoms with van der Waals surface area (Å²) in [5.74, 6) is 0.857. The highest BCUT2D eigenvalue weighted by atomic mass is 16.5. The summed E-state index contributed by atoms with van der Waals surface area (Å²) in [6.45, 7) is 7.22. The molecule has 4 heteroatoms. The van der Waals surface area contributed by atoms with Crippen LogP contribution >= 0.6 is 0 Å². The lowest BCUT2D eigenvalue weighted by Crippen LogP contribution is -2.30. The predicted molar refractivity (Wildman–Crippen MR) is 94.2 cm³/mol. The lowest BCUT2D eigenvalue weighted by Gasteiger charge is -2.10. The first-order chi connectivity index (χ1) is 11.0. The fraction of sp³-hybridized carbons (Fsp3) is 0.316. The van der Waals surface area contributed by atoms with Gasteiger partial charge in [0.25, 0.3) is 0 Å². The molecular formula is C19H24N2O2. The molecule has 2 aromatic rings. The Morgan fingerprint density at radius 2 is 1.61 bits per heavy atom. The van der Waals surface area contributed by atoms with Crippen LogP contribution in [0.2, 0.25) is 0 Å². The maximum atomic E-state index is 11.8. The number of hydrogen-bond donors (Lipinski definition) is 2. The van der Waals surface area contributed by atoms with Crippen molar-refractivity contribution in [2.45, 2.75) is 27.2 Å². The monoisotopic (exact) mass is 312 g/mol. The quantitative estimate of drug-likeness (QED) is 0.785. The molecule has 0 spiro atoms. The van der Waals surface area contributed by atoms with Gasteiger partial charge in [0.05, 0.1) is 6.61 Å². The summed E-state index contributed by atoms with van der Waals surface area (Å²) in [6, 6.07) is 13.7. The summed E-state index contributed by atoms with van der Waals surface area (Å²) < 4.78 is 5.62. The van der Waals surface area contributed by atoms with E-state index in [4.69, 9.17) is 4.74 Å². The fourth-order valence-corrected chi connectivity index (χ4v) is 2.32. The van der Waals surface area contributed by atoms with Crippen LogP contribution in [0.25, 0.3) is 0 Å². The second-order valence-corrected chi connectivity index (χ2v) is 5.77. The second kappa shape index (κ2) is 8.22. The van der Waals surface area contributed by atoms with Gasteiger partial charge < -0.3 is 15.4 Å². The standard InChI is InChI=1S/C19H24N2O2/c1-14-5-7-18(8-6-14)23-10-4-9-20-19(22)21-17-12-15(2)11-16(3)13-17/h5-8,11-13H,4,9-10H2,1-3H3,(H2,20,21,22). The van der Waals surface area contributed by atoms with E-state index in [-0.39, 0.29) is 6.03 Å². The molecule has 0 heterocycles. The number of amides is 2. The number of hydrogen-bond acceptors (Lipinski definition) is 2. The van der Waals surface area contributed by atoms with E-state index in [1.54, 1.807) is 0 Å². The molecule has 23 heavy (non-hydrogen) atoms. The summed E-state index contributed by atoms with van der Waals surface area (Å²) in [4.78, 5) is 11.8. The SMILES string of the molecule is Cc1ccc(OCCCNC(=O)Nc2cc(C)cc(C)c2)cc1. The Kier molecular flexibility index (Phi) is 6.03. The summed E-state index contributed by atoms with van der Waals surface area (Å²) >= 11 is 0. The Bertz CT molecular complexity index is 631. The number of benzene rings is 2. The molecule has 2 amide bonds. The van der Waals surface area contributed by atoms with Crippen molar-refractivity contribution in [3.63, 3.8) is 0 Å². The van der Waals surface area contributed by atoms with Crippen molar-refractivity contribution < 1.29 is 9.53 Å². The summed E-state index contributed by atoms with van der Waals surface area (Å²) in [6.07, 6.45) is 0.758. The van der Waals surface area contributed by atoms with Gasteiger partial charge in [0, 0.05) is 12.2 Å². The molecule has 0 bridgehead atoms. The third kappa shape index (κ3) is 6.02. The van der Waals surface area contributed by atoms with Crippen molar-refractivity contribution in [2.75, 3.05) is 18.5 Å². The highest BCUT2D eigenvalue weighted by Gasteiger charge is 2.02. The molecule has 0 unspecified atom stereocenters. The van der Waals surface area contributed by atoms with E-state index in [1.165, 1.54) is 5.56 Å². The Morgan fingerprint density at radius 1 is 0.957 bits per heavy atom. The predicted octanol–water partition coefficient (Wildman–Crippen LogP) is 4.20. The Balaban J connectivity index is 1.65. The van der Waals surface area contributed by atoms with Gasteiger partial charge in [-0.3, -0.25) is 0 Å². The van der Waals surface area contributed by atoms with Crippen LogP contribution in [0.1, 0.15) is 23.1 Å². The number of carbonyl (C=O) groups excluding carboxylic acids is 1. The topological polar surface area (TPSA) is 50.4 Å². The normalized spacial score (nSPS) is 10.2. The first-order valence-electron chi connectivity index (χ1n) is 7.85. The van der Waals surface area contributed by atoms with E-state index in [2.05, 4.69) is 16.7 Å². The van der Waals surface area contributed by atoms with Crippen LogP contribution in [0.15, 0.2) is 42.5 Å². The van der Waals surface area contributed by atoms with Gasteiger partial charge in [-0.25, -0.2) is 4.79 Å². The molecule has 0 atom stereocenters. The van der Waals surface area contributed by atoms with Crippen LogP contribution in [0, 0.1) is 20.8 Å². The summed E-state index contributed by atoms with van der Waals surface area (Å²) in [5.41, 5.74) is 4.29. The van der Waals surface area contributed by atoms with E-state index in [0.717, 1.165) is 29.0 Å². The molecule has 0 aliphatic carbocycles. The Morgan fingerprint density at radius 3 is 2.26 bits per heavy atom. The molecule has 0 aliphatic heterocycles. The number of aryl methyl sites for hydroxylation is 3. The highest BCUT2D eigenvalue weighted by Crippen LogP contribution is 2.13. The zero-order valence-corrected chi connectivity index (χ0v) is 14.0. The van der Waals surface area contributed by atoms with Crippen molar-refractivity contribution in [1.82, 2.24) is 5.32 Å². The molecular weight excluding hydrogens is 288 g/mol. The zero-order valence-electron chi connectivity index (χ0n) is 14.0. The van der Waals surface area contributed by atoms with Gasteiger partial charge in [-0.1, -0.05) is 23.8 Å². The van der Waals surface area contributed by atoms with Gasteiger partial charge in [0.1, 0.15) is 5.75 Å². The molecule has 0 aliphatic rings. The van der Waals surface area contributed by atoms with Crippen molar-refractivity contribution in [3.8, 4) is 5.75 Å². The molecule has 0 saturated heterocycles. The van der Waals surface area contributed by atoms with E-state index >= 15 is 0 Å². The van der Waals surface area contributed by atoms with Crippen LogP contribution in [-0.2, 0) is 0 Å². The molecule has 2 rings (SSSR count). The van der Waals surface area contributed by atoms with Crippen LogP contribution < -0.4 is 15.4 Å². The minimum absolute atomic E-state index is 0.190. The van der Waals surface area contributed by atoms with Gasteiger partial charge in [0.15, 0.2) is 0 Å². The van der Waals surface area contributed by atoms with Gasteiger partial charge in [0.2, 0.25) is 0 Å². The summed E-state index contributed by atoms with van der Waals surface area (Å²) in [5, 5.41) is 5.68. The first-order valence-corrected chi connectivity index (χ1v) is 7.85. The van der Waals surface area contributed by atoms with Gasteiger partial charge in [-0.2, -0.15) is 0 Å². The Labute approximate surface area is 137 Å². The van der Waals surface area contributed by atoms with Crippen molar-refractivity contribution in [2.24, 2.45) is 0 Å². The molecule has 2 N–H and O–H groups in total. The third-order valence-corrected chi connectivity index (χ3v) is 3.38. The largest absolute Gasteiger partial charge is 0.494 e. The molecule has 0 radical (unpaired) electrons. The molecule has 0 saturated carbocycles. The zero-order chi connectivity index (χ0) is 16.7. The number of carbonyl (C=O) groups is 1. The average molecular weight is 312 g/mol. The second-order valence-electron chi connectivity index (χ2n) is 5.77. The minimum Gasteiger partial charge on any atom is -0.494 e. The van der Waals surface area contributed by atoms with Crippen molar-refractivity contribution in [3.05, 3.63) is 59.2 Å². The van der Waals surface area contributed by atoms with Crippen LogP contribution in [0.3, 0.4) is 0 Å². The van der Waals surface area contributed by atoms with Crippen LogP contribution in [0.4, 0.5) is 10.5 Å². The molecule has 0 fully saturated rings. The number of nitrogens with one attached hydrogen (secondary N) is 2. The fourth-order valence-electron chi connectivity index (χ4n) is 2.32. The maximum Gasteiger partial charge on any atom is 0.319 e.